The molecule has 1 aromatic heterocycles. The molecule has 1 aliphatic heterocycles. The molecule has 1 fully saturated rings. The summed E-state index contributed by atoms with van der Waals surface area (Å²) in [5, 5.41) is 0.483. The first-order chi connectivity index (χ1) is 11.7. The summed E-state index contributed by atoms with van der Waals surface area (Å²) in [6.45, 7) is 1.24. The largest absolute Gasteiger partial charge is 0.496 e. The first-order valence-electron chi connectivity index (χ1n) is 7.83. The van der Waals surface area contributed by atoms with E-state index in [0.717, 1.165) is 17.7 Å². The Bertz CT molecular complexity index is 723. The lowest BCUT2D eigenvalue weighted by atomic mass is 10.1. The first kappa shape index (κ1) is 16.6. The molecule has 0 aliphatic carbocycles. The summed E-state index contributed by atoms with van der Waals surface area (Å²) in [5.41, 5.74) is 0.895. The fourth-order valence-corrected chi connectivity index (χ4v) is 2.98. The molecule has 0 bridgehead atoms. The van der Waals surface area contributed by atoms with Gasteiger partial charge in [-0.05, 0) is 6.07 Å². The van der Waals surface area contributed by atoms with Crippen molar-refractivity contribution in [3.8, 4) is 11.5 Å². The number of carbonyl (C=O) groups excluding carboxylic acids is 1. The Morgan fingerprint density at radius 3 is 2.96 bits per heavy atom. The van der Waals surface area contributed by atoms with Gasteiger partial charge < -0.3 is 14.4 Å². The van der Waals surface area contributed by atoms with Gasteiger partial charge in [-0.15, -0.1) is 0 Å². The van der Waals surface area contributed by atoms with E-state index in [-0.39, 0.29) is 12.0 Å². The lowest BCUT2D eigenvalue weighted by molar-refractivity contribution is -0.129. The number of methoxy groups -OCH3 is 1. The molecule has 24 heavy (non-hydrogen) atoms. The van der Waals surface area contributed by atoms with Gasteiger partial charge in [-0.1, -0.05) is 29.8 Å². The number of benzene rings is 1. The molecule has 1 atom stereocenters. The summed E-state index contributed by atoms with van der Waals surface area (Å²) in [6.07, 6.45) is 4.26. The highest BCUT2D eigenvalue weighted by Gasteiger charge is 2.28. The van der Waals surface area contributed by atoms with Gasteiger partial charge in [-0.2, -0.15) is 0 Å². The Kier molecular flexibility index (Phi) is 5.20. The second-order valence-electron chi connectivity index (χ2n) is 5.66. The fraction of sp³-hybridized carbons (Fsp3) is 0.333. The maximum absolute atomic E-state index is 12.5. The number of rotatable bonds is 5. The normalized spacial score (nSPS) is 16.9. The fourth-order valence-electron chi connectivity index (χ4n) is 2.81. The van der Waals surface area contributed by atoms with E-state index in [1.165, 1.54) is 0 Å². The molecule has 0 unspecified atom stereocenters. The highest BCUT2D eigenvalue weighted by atomic mass is 35.5. The minimum atomic E-state index is -0.0495. The SMILES string of the molecule is COc1ccccc1CC(=O)N1CC[C@@H](Oc2ccncc2Cl)C1. The third-order valence-corrected chi connectivity index (χ3v) is 4.34. The number of amides is 1. The maximum atomic E-state index is 12.5. The molecule has 1 aliphatic rings. The van der Waals surface area contributed by atoms with E-state index in [4.69, 9.17) is 21.1 Å². The van der Waals surface area contributed by atoms with E-state index in [0.29, 0.717) is 30.3 Å². The van der Waals surface area contributed by atoms with Crippen molar-refractivity contribution in [2.75, 3.05) is 20.2 Å². The van der Waals surface area contributed by atoms with E-state index in [1.54, 1.807) is 25.6 Å². The number of ether oxygens (including phenoxy) is 2. The van der Waals surface area contributed by atoms with Gasteiger partial charge in [0.2, 0.25) is 5.91 Å². The second kappa shape index (κ2) is 7.53. The van der Waals surface area contributed by atoms with Crippen molar-refractivity contribution in [1.29, 1.82) is 0 Å². The summed E-state index contributed by atoms with van der Waals surface area (Å²) in [4.78, 5) is 18.3. The first-order valence-corrected chi connectivity index (χ1v) is 8.21. The van der Waals surface area contributed by atoms with Crippen molar-refractivity contribution in [2.24, 2.45) is 0 Å². The number of hydrogen-bond donors (Lipinski definition) is 0. The minimum Gasteiger partial charge on any atom is -0.496 e. The zero-order valence-electron chi connectivity index (χ0n) is 13.4. The van der Waals surface area contributed by atoms with Crippen LogP contribution in [0.25, 0.3) is 0 Å². The number of carbonyl (C=O) groups is 1. The molecule has 5 nitrogen and oxygen atoms in total. The van der Waals surface area contributed by atoms with Crippen LogP contribution < -0.4 is 9.47 Å². The Morgan fingerprint density at radius 2 is 2.17 bits per heavy atom. The molecule has 6 heteroatoms. The third-order valence-electron chi connectivity index (χ3n) is 4.06. The Morgan fingerprint density at radius 1 is 1.33 bits per heavy atom. The van der Waals surface area contributed by atoms with Crippen LogP contribution in [-0.4, -0.2) is 42.1 Å². The Labute approximate surface area is 146 Å². The highest BCUT2D eigenvalue weighted by Crippen LogP contribution is 2.26. The zero-order chi connectivity index (χ0) is 16.9. The Balaban J connectivity index is 1.59. The smallest absolute Gasteiger partial charge is 0.227 e. The molecule has 0 N–H and O–H groups in total. The van der Waals surface area contributed by atoms with Crippen LogP contribution in [0.15, 0.2) is 42.7 Å². The van der Waals surface area contributed by atoms with Crippen LogP contribution in [0.4, 0.5) is 0 Å². The van der Waals surface area contributed by atoms with Gasteiger partial charge in [0.25, 0.3) is 0 Å². The summed E-state index contributed by atoms with van der Waals surface area (Å²) in [7, 11) is 1.61. The van der Waals surface area contributed by atoms with Gasteiger partial charge in [0.05, 0.1) is 20.1 Å². The standard InChI is InChI=1S/C18H19ClN2O3/c1-23-16-5-3-2-4-13(16)10-18(22)21-9-7-14(12-21)24-17-6-8-20-11-15(17)19/h2-6,8,11,14H,7,9-10,12H2,1H3/t14-/m1/s1. The number of likely N-dealkylation sites (tertiary alicyclic amines) is 1. The third kappa shape index (κ3) is 3.79. The van der Waals surface area contributed by atoms with Gasteiger partial charge in [-0.3, -0.25) is 9.78 Å². The number of nitrogens with zero attached hydrogens (tertiary/aromatic N) is 2. The molecule has 0 radical (unpaired) electrons. The number of halogens is 1. The molecule has 0 spiro atoms. The molecule has 0 saturated carbocycles. The van der Waals surface area contributed by atoms with E-state index in [2.05, 4.69) is 4.98 Å². The summed E-state index contributed by atoms with van der Waals surface area (Å²) in [6, 6.07) is 9.32. The van der Waals surface area contributed by atoms with Crippen LogP contribution in [0, 0.1) is 0 Å². The predicted octanol–water partition coefficient (Wildman–Crippen LogP) is 2.97. The monoisotopic (exact) mass is 346 g/mol. The van der Waals surface area contributed by atoms with Gasteiger partial charge >= 0.3 is 0 Å². The molecule has 126 valence electrons. The average Bonchev–Trinajstić information content (AvgIpc) is 3.06. The predicted molar refractivity (Wildman–Crippen MR) is 91.6 cm³/mol. The maximum Gasteiger partial charge on any atom is 0.227 e. The molecular formula is C18H19ClN2O3. The summed E-state index contributed by atoms with van der Waals surface area (Å²) >= 11 is 6.06. The van der Waals surface area contributed by atoms with Gasteiger partial charge in [0, 0.05) is 37.0 Å². The van der Waals surface area contributed by atoms with Crippen molar-refractivity contribution in [2.45, 2.75) is 18.9 Å². The molecule has 1 saturated heterocycles. The zero-order valence-corrected chi connectivity index (χ0v) is 14.2. The summed E-state index contributed by atoms with van der Waals surface area (Å²) in [5.74, 6) is 1.42. The van der Waals surface area contributed by atoms with Crippen LogP contribution in [0.1, 0.15) is 12.0 Å². The number of hydrogen-bond acceptors (Lipinski definition) is 4. The molecule has 1 amide bonds. The summed E-state index contributed by atoms with van der Waals surface area (Å²) < 4.78 is 11.2. The molecule has 2 aromatic rings. The van der Waals surface area contributed by atoms with Gasteiger partial charge in [0.1, 0.15) is 22.6 Å². The molecule has 3 rings (SSSR count). The van der Waals surface area contributed by atoms with Crippen LogP contribution in [0.3, 0.4) is 0 Å². The van der Waals surface area contributed by atoms with E-state index >= 15 is 0 Å². The van der Waals surface area contributed by atoms with Crippen molar-refractivity contribution in [3.63, 3.8) is 0 Å². The van der Waals surface area contributed by atoms with Crippen LogP contribution in [0.5, 0.6) is 11.5 Å². The quantitative estimate of drug-likeness (QED) is 0.835. The molecule has 2 heterocycles. The molecule has 1 aromatic carbocycles. The van der Waals surface area contributed by atoms with Crippen LogP contribution >= 0.6 is 11.6 Å². The van der Waals surface area contributed by atoms with Gasteiger partial charge in [-0.25, -0.2) is 0 Å². The van der Waals surface area contributed by atoms with Crippen molar-refractivity contribution in [1.82, 2.24) is 9.88 Å². The lowest BCUT2D eigenvalue weighted by Gasteiger charge is -2.18. The van der Waals surface area contributed by atoms with E-state index in [1.807, 2.05) is 29.2 Å². The lowest BCUT2D eigenvalue weighted by Crippen LogP contribution is -2.32. The second-order valence-corrected chi connectivity index (χ2v) is 6.07. The number of pyridine rings is 1. The molecular weight excluding hydrogens is 328 g/mol. The highest BCUT2D eigenvalue weighted by molar-refractivity contribution is 6.31. The van der Waals surface area contributed by atoms with Crippen molar-refractivity contribution in [3.05, 3.63) is 53.3 Å². The minimum absolute atomic E-state index is 0.0495. The average molecular weight is 347 g/mol. The van der Waals surface area contributed by atoms with Gasteiger partial charge in [0.15, 0.2) is 0 Å². The number of aromatic nitrogens is 1. The topological polar surface area (TPSA) is 51.7 Å². The van der Waals surface area contributed by atoms with Crippen LogP contribution in [0.2, 0.25) is 5.02 Å². The van der Waals surface area contributed by atoms with E-state index in [9.17, 15) is 4.79 Å². The van der Waals surface area contributed by atoms with Crippen molar-refractivity contribution >= 4 is 17.5 Å². The van der Waals surface area contributed by atoms with Crippen molar-refractivity contribution < 1.29 is 14.3 Å². The Hall–Kier alpha value is -2.27. The van der Waals surface area contributed by atoms with Crippen LogP contribution in [-0.2, 0) is 11.2 Å². The number of para-hydroxylation sites is 1. The van der Waals surface area contributed by atoms with E-state index < -0.39 is 0 Å².